The number of nitrogens with zero attached hydrogens (tertiary/aromatic N) is 1. The van der Waals surface area contributed by atoms with Gasteiger partial charge >= 0.3 is 0 Å². The molecular formula is C23H24N2O2S. The van der Waals surface area contributed by atoms with Gasteiger partial charge in [0.1, 0.15) is 0 Å². The highest BCUT2D eigenvalue weighted by Crippen LogP contribution is 2.23. The van der Waals surface area contributed by atoms with Gasteiger partial charge in [0.15, 0.2) is 0 Å². The van der Waals surface area contributed by atoms with Crippen LogP contribution in [0.2, 0.25) is 0 Å². The zero-order valence-electron chi connectivity index (χ0n) is 15.9. The van der Waals surface area contributed by atoms with Crippen molar-refractivity contribution in [1.82, 2.24) is 10.2 Å². The summed E-state index contributed by atoms with van der Waals surface area (Å²) in [6.45, 7) is 3.23. The van der Waals surface area contributed by atoms with Gasteiger partial charge in [0, 0.05) is 13.1 Å². The molecule has 0 aliphatic carbocycles. The zero-order chi connectivity index (χ0) is 19.5. The summed E-state index contributed by atoms with van der Waals surface area (Å²) in [5.74, 6) is -0.0833. The van der Waals surface area contributed by atoms with Gasteiger partial charge in [-0.1, -0.05) is 42.5 Å². The van der Waals surface area contributed by atoms with Gasteiger partial charge < -0.3 is 10.2 Å². The van der Waals surface area contributed by atoms with Crippen LogP contribution in [0.3, 0.4) is 0 Å². The number of hydrogen-bond donors (Lipinski definition) is 1. The van der Waals surface area contributed by atoms with Crippen LogP contribution in [-0.4, -0.2) is 29.8 Å². The minimum absolute atomic E-state index is 0.0318. The number of nitrogens with one attached hydrogen (secondary N) is 1. The maximum absolute atomic E-state index is 12.9. The van der Waals surface area contributed by atoms with Gasteiger partial charge in [-0.25, -0.2) is 0 Å². The number of piperidine rings is 1. The molecule has 2 amide bonds. The molecular weight excluding hydrogens is 368 g/mol. The highest BCUT2D eigenvalue weighted by molar-refractivity contribution is 7.12. The maximum atomic E-state index is 12.9. The third kappa shape index (κ3) is 3.94. The first kappa shape index (κ1) is 18.7. The van der Waals surface area contributed by atoms with E-state index in [1.165, 1.54) is 22.1 Å². The molecule has 3 aromatic rings. The molecule has 0 bridgehead atoms. The Bertz CT molecular complexity index is 983. The Morgan fingerprint density at radius 1 is 1.11 bits per heavy atom. The molecule has 4 rings (SSSR count). The topological polar surface area (TPSA) is 49.4 Å². The average Bonchev–Trinajstić information content (AvgIpc) is 3.27. The lowest BCUT2D eigenvalue weighted by Gasteiger charge is -2.32. The second-order valence-corrected chi connectivity index (χ2v) is 8.35. The summed E-state index contributed by atoms with van der Waals surface area (Å²) >= 11 is 1.45. The third-order valence-corrected chi connectivity index (χ3v) is 6.30. The van der Waals surface area contributed by atoms with Crippen molar-refractivity contribution in [1.29, 1.82) is 0 Å². The summed E-state index contributed by atoms with van der Waals surface area (Å²) in [5, 5.41) is 7.43. The van der Waals surface area contributed by atoms with E-state index in [1.54, 1.807) is 0 Å². The van der Waals surface area contributed by atoms with Crippen molar-refractivity contribution < 1.29 is 9.59 Å². The van der Waals surface area contributed by atoms with Crippen LogP contribution in [0.1, 0.15) is 41.0 Å². The number of rotatable bonds is 4. The van der Waals surface area contributed by atoms with Crippen LogP contribution in [0.15, 0.2) is 60.0 Å². The van der Waals surface area contributed by atoms with Gasteiger partial charge in [0.2, 0.25) is 5.91 Å². The van der Waals surface area contributed by atoms with E-state index in [0.717, 1.165) is 29.8 Å². The molecule has 1 aliphatic heterocycles. The van der Waals surface area contributed by atoms with Gasteiger partial charge in [-0.2, -0.15) is 0 Å². The van der Waals surface area contributed by atoms with E-state index in [0.29, 0.717) is 6.54 Å². The van der Waals surface area contributed by atoms with Crippen molar-refractivity contribution in [3.63, 3.8) is 0 Å². The Kier molecular flexibility index (Phi) is 5.44. The van der Waals surface area contributed by atoms with Crippen molar-refractivity contribution in [2.24, 2.45) is 5.92 Å². The molecule has 5 heteroatoms. The predicted molar refractivity (Wildman–Crippen MR) is 113 cm³/mol. The Morgan fingerprint density at radius 2 is 1.93 bits per heavy atom. The van der Waals surface area contributed by atoms with Crippen molar-refractivity contribution in [3.05, 3.63) is 70.4 Å². The Labute approximate surface area is 169 Å². The van der Waals surface area contributed by atoms with Gasteiger partial charge in [-0.15, -0.1) is 11.3 Å². The first-order valence-corrected chi connectivity index (χ1v) is 10.6. The van der Waals surface area contributed by atoms with Crippen molar-refractivity contribution in [3.8, 4) is 0 Å². The summed E-state index contributed by atoms with van der Waals surface area (Å²) in [6.07, 6.45) is 1.68. The SMILES string of the molecule is C[C@@H](NC(=O)[C@@H]1CCCN(C(=O)c2cccs2)C1)c1ccc2ccccc2c1. The number of amides is 2. The van der Waals surface area contributed by atoms with Gasteiger partial charge in [-0.3, -0.25) is 9.59 Å². The van der Waals surface area contributed by atoms with Crippen LogP contribution in [0, 0.1) is 5.92 Å². The quantitative estimate of drug-likeness (QED) is 0.704. The fourth-order valence-electron chi connectivity index (χ4n) is 3.82. The van der Waals surface area contributed by atoms with Crippen LogP contribution in [0.4, 0.5) is 0 Å². The molecule has 144 valence electrons. The lowest BCUT2D eigenvalue weighted by atomic mass is 9.96. The van der Waals surface area contributed by atoms with Crippen molar-refractivity contribution >= 4 is 33.9 Å². The summed E-state index contributed by atoms with van der Waals surface area (Å²) in [7, 11) is 0. The molecule has 2 heterocycles. The summed E-state index contributed by atoms with van der Waals surface area (Å²) in [5.41, 5.74) is 1.09. The molecule has 0 radical (unpaired) electrons. The monoisotopic (exact) mass is 392 g/mol. The lowest BCUT2D eigenvalue weighted by Crippen LogP contribution is -2.45. The van der Waals surface area contributed by atoms with Gasteiger partial charge in [0.25, 0.3) is 5.91 Å². The van der Waals surface area contributed by atoms with E-state index < -0.39 is 0 Å². The lowest BCUT2D eigenvalue weighted by molar-refractivity contribution is -0.127. The number of likely N-dealkylation sites (tertiary alicyclic amines) is 1. The van der Waals surface area contributed by atoms with Gasteiger partial charge in [-0.05, 0) is 53.6 Å². The number of thiophene rings is 1. The normalized spacial score (nSPS) is 18.0. The van der Waals surface area contributed by atoms with E-state index in [1.807, 2.05) is 41.5 Å². The van der Waals surface area contributed by atoms with Crippen LogP contribution >= 0.6 is 11.3 Å². The Morgan fingerprint density at radius 3 is 2.71 bits per heavy atom. The molecule has 2 atom stereocenters. The smallest absolute Gasteiger partial charge is 0.263 e. The second-order valence-electron chi connectivity index (χ2n) is 7.40. The molecule has 1 fully saturated rings. The molecule has 0 spiro atoms. The van der Waals surface area contributed by atoms with Crippen molar-refractivity contribution in [2.45, 2.75) is 25.8 Å². The third-order valence-electron chi connectivity index (χ3n) is 5.44. The standard InChI is InChI=1S/C23H24N2O2S/c1-16(18-11-10-17-6-2-3-7-19(17)14-18)24-22(26)20-8-4-12-25(15-20)23(27)21-9-5-13-28-21/h2-3,5-7,9-11,13-14,16,20H,4,8,12,15H2,1H3,(H,24,26)/t16-,20-/m1/s1. The molecule has 2 aromatic carbocycles. The molecule has 4 nitrogen and oxygen atoms in total. The minimum Gasteiger partial charge on any atom is -0.349 e. The fraction of sp³-hybridized carbons (Fsp3) is 0.304. The van der Waals surface area contributed by atoms with Gasteiger partial charge in [0.05, 0.1) is 16.8 Å². The van der Waals surface area contributed by atoms with Crippen molar-refractivity contribution in [2.75, 3.05) is 13.1 Å². The Hall–Kier alpha value is -2.66. The maximum Gasteiger partial charge on any atom is 0.263 e. The largest absolute Gasteiger partial charge is 0.349 e. The molecule has 28 heavy (non-hydrogen) atoms. The average molecular weight is 393 g/mol. The zero-order valence-corrected chi connectivity index (χ0v) is 16.7. The highest BCUT2D eigenvalue weighted by atomic mass is 32.1. The van der Waals surface area contributed by atoms with E-state index in [2.05, 4.69) is 35.6 Å². The van der Waals surface area contributed by atoms with E-state index in [9.17, 15) is 9.59 Å². The van der Waals surface area contributed by atoms with E-state index >= 15 is 0 Å². The molecule has 0 saturated carbocycles. The Balaban J connectivity index is 1.41. The molecule has 1 N–H and O–H groups in total. The number of hydrogen-bond acceptors (Lipinski definition) is 3. The fourth-order valence-corrected chi connectivity index (χ4v) is 4.51. The first-order chi connectivity index (χ1) is 13.6. The summed E-state index contributed by atoms with van der Waals surface area (Å²) < 4.78 is 0. The number of fused-ring (bicyclic) bond motifs is 1. The van der Waals surface area contributed by atoms with E-state index in [4.69, 9.17) is 0 Å². The summed E-state index contributed by atoms with van der Waals surface area (Å²) in [6, 6.07) is 18.2. The predicted octanol–water partition coefficient (Wildman–Crippen LogP) is 4.63. The highest BCUT2D eigenvalue weighted by Gasteiger charge is 2.29. The summed E-state index contributed by atoms with van der Waals surface area (Å²) in [4.78, 5) is 28.0. The van der Waals surface area contributed by atoms with Crippen LogP contribution < -0.4 is 5.32 Å². The second kappa shape index (κ2) is 8.15. The van der Waals surface area contributed by atoms with Crippen LogP contribution in [-0.2, 0) is 4.79 Å². The molecule has 0 unspecified atom stereocenters. The van der Waals surface area contributed by atoms with Crippen LogP contribution in [0.25, 0.3) is 10.8 Å². The van der Waals surface area contributed by atoms with E-state index in [-0.39, 0.29) is 23.8 Å². The number of carbonyl (C=O) groups is 2. The minimum atomic E-state index is -0.152. The molecule has 1 aromatic heterocycles. The number of benzene rings is 2. The molecule has 1 saturated heterocycles. The number of carbonyl (C=O) groups excluding carboxylic acids is 2. The molecule has 1 aliphatic rings. The first-order valence-electron chi connectivity index (χ1n) is 9.73. The van der Waals surface area contributed by atoms with Crippen LogP contribution in [0.5, 0.6) is 0 Å².